The van der Waals surface area contributed by atoms with Crippen LogP contribution in [-0.4, -0.2) is 17.3 Å². The van der Waals surface area contributed by atoms with Crippen LogP contribution >= 0.6 is 0 Å². The van der Waals surface area contributed by atoms with Crippen LogP contribution in [0.2, 0.25) is 0 Å². The number of hydrogen-bond donors (Lipinski definition) is 1. The molecule has 0 spiro atoms. The lowest BCUT2D eigenvalue weighted by Crippen LogP contribution is -2.05. The fraction of sp³-hybridized carbons (Fsp3) is 0.786. The first kappa shape index (κ1) is 116. The van der Waals surface area contributed by atoms with E-state index in [0.29, 0.717) is 0 Å². The molecule has 0 fully saturated rings. The molecule has 0 heterocycles. The van der Waals surface area contributed by atoms with Crippen molar-refractivity contribution in [3.63, 3.8) is 0 Å². The van der Waals surface area contributed by atoms with Crippen LogP contribution in [0.25, 0.3) is 10.4 Å². The molecule has 0 aromatic heterocycles. The second-order valence-corrected chi connectivity index (χ2v) is 34.9. The molecule has 4 heteroatoms. The Balaban J connectivity index is -0.00000165. The van der Waals surface area contributed by atoms with Crippen molar-refractivity contribution in [2.24, 2.45) is 11.0 Å². The van der Waals surface area contributed by atoms with E-state index in [-0.39, 0.29) is 12.1 Å². The summed E-state index contributed by atoms with van der Waals surface area (Å²) < 4.78 is 0. The Labute approximate surface area is 729 Å². The second kappa shape index (κ2) is 113. The molecule has 0 atom stereocenters. The maximum Gasteiger partial charge on any atom is 0.0540 e. The van der Waals surface area contributed by atoms with Gasteiger partial charge in [-0.15, -0.1) is 0 Å². The Bertz CT molecular complexity index is 1980. The van der Waals surface area contributed by atoms with Crippen LogP contribution in [0.1, 0.15) is 549 Å². The number of allylic oxidation sites excluding steroid dienone is 24. The largest absolute Gasteiger partial charge is 0.393 e. The maximum absolute atomic E-state index is 10.3. The standard InChI is InChI=1S/C38H70.C37H67N3.C37H68O/c1-4-6-8-10-12-14-16-18-20-22-24-26-28-30-32-34-36-38(3)37-35-33-31-29-27-25-23-21-19-17-15-13-11-9-7-5-2;1-3-5-7-9-11-13-15-17-19-21-23-25-27-29-31-33-35-37(39-40-38)36-34-32-30-28-26-24-22-20-18-16-14-12-10-8-6-4-2;1-3-5-7-9-11-13-15-17-19-21-23-25-27-29-31-33-35-37(38)36-34-32-30-28-26-24-22-20-18-16-14-12-10-8-6-4-2/h12-15,18-21,38H,4-11,16-17,22-37H2,1-3H3;11-14,17-20,37H,3-10,15-16,21-36H2,1-2H3;11-14,17-20,37-38H,3-10,15-16,21-36H2,1-2H3/b14-12-,15-13-,20-18-,21-19-;2*13-11-,14-12-,19-17-,20-18-. The van der Waals surface area contributed by atoms with Gasteiger partial charge in [0.1, 0.15) is 0 Å². The predicted molar refractivity (Wildman–Crippen MR) is 532 cm³/mol. The lowest BCUT2D eigenvalue weighted by atomic mass is 9.96. The maximum atomic E-state index is 10.3. The first-order valence-electron chi connectivity index (χ1n) is 52.0. The molecule has 0 aromatic carbocycles. The monoisotopic (exact) mass is 1610 g/mol. The molecule has 0 bridgehead atoms. The summed E-state index contributed by atoms with van der Waals surface area (Å²) in [7, 11) is 0. The van der Waals surface area contributed by atoms with Gasteiger partial charge in [0, 0.05) is 11.0 Å². The van der Waals surface area contributed by atoms with E-state index in [1.165, 1.54) is 437 Å². The van der Waals surface area contributed by atoms with E-state index in [0.717, 1.165) is 70.1 Å². The Morgan fingerprint density at radius 1 is 0.198 bits per heavy atom. The molecule has 0 unspecified atom stereocenters. The first-order valence-corrected chi connectivity index (χ1v) is 52.0. The Morgan fingerprint density at radius 2 is 0.345 bits per heavy atom. The van der Waals surface area contributed by atoms with Crippen LogP contribution in [0.3, 0.4) is 0 Å². The van der Waals surface area contributed by atoms with Crippen LogP contribution in [0.15, 0.2) is 151 Å². The molecule has 0 aliphatic carbocycles. The highest BCUT2D eigenvalue weighted by Crippen LogP contribution is 2.22. The average molecular weight is 1610 g/mol. The number of hydrogen-bond acceptors (Lipinski definition) is 2. The van der Waals surface area contributed by atoms with Crippen molar-refractivity contribution in [3.8, 4) is 0 Å². The van der Waals surface area contributed by atoms with E-state index in [4.69, 9.17) is 5.53 Å². The summed E-state index contributed by atoms with van der Waals surface area (Å²) >= 11 is 0. The zero-order valence-electron chi connectivity index (χ0n) is 79.5. The number of aliphatic hydroxyl groups is 1. The highest BCUT2D eigenvalue weighted by atomic mass is 16.3. The molecule has 0 aliphatic rings. The van der Waals surface area contributed by atoms with E-state index in [2.05, 4.69) is 204 Å². The summed E-state index contributed by atoms with van der Waals surface area (Å²) in [6, 6.07) is 0.210. The summed E-state index contributed by atoms with van der Waals surface area (Å²) in [6.07, 6.45) is 157. The van der Waals surface area contributed by atoms with E-state index in [1.807, 2.05) is 0 Å². The number of rotatable bonds is 91. The van der Waals surface area contributed by atoms with Crippen molar-refractivity contribution in [3.05, 3.63) is 156 Å². The molecule has 0 rings (SSSR count). The zero-order chi connectivity index (χ0) is 84.3. The van der Waals surface area contributed by atoms with Gasteiger partial charge in [-0.2, -0.15) is 0 Å². The molecule has 0 amide bonds. The fourth-order valence-electron chi connectivity index (χ4n) is 15.1. The van der Waals surface area contributed by atoms with Crippen LogP contribution in [0.5, 0.6) is 0 Å². The van der Waals surface area contributed by atoms with Crippen LogP contribution in [0, 0.1) is 5.92 Å². The minimum absolute atomic E-state index is 0.0633. The second-order valence-electron chi connectivity index (χ2n) is 34.9. The number of nitrogens with zero attached hydrogens (tertiary/aromatic N) is 3. The van der Waals surface area contributed by atoms with Crippen molar-refractivity contribution < 1.29 is 5.11 Å². The number of azide groups is 1. The molecule has 4 nitrogen and oxygen atoms in total. The van der Waals surface area contributed by atoms with E-state index < -0.39 is 0 Å². The van der Waals surface area contributed by atoms with Crippen molar-refractivity contribution >= 4 is 0 Å². The van der Waals surface area contributed by atoms with Crippen molar-refractivity contribution in [1.29, 1.82) is 0 Å². The minimum Gasteiger partial charge on any atom is -0.393 e. The summed E-state index contributed by atoms with van der Waals surface area (Å²) in [5.41, 5.74) is 8.95. The lowest BCUT2D eigenvalue weighted by molar-refractivity contribution is 0.147. The van der Waals surface area contributed by atoms with Gasteiger partial charge in [0.15, 0.2) is 0 Å². The molecule has 116 heavy (non-hydrogen) atoms. The van der Waals surface area contributed by atoms with Gasteiger partial charge in [0.25, 0.3) is 0 Å². The lowest BCUT2D eigenvalue weighted by Gasteiger charge is -2.11. The van der Waals surface area contributed by atoms with Gasteiger partial charge >= 0.3 is 0 Å². The summed E-state index contributed by atoms with van der Waals surface area (Å²) in [4.78, 5) is 3.12. The topological polar surface area (TPSA) is 69.0 Å². The fourth-order valence-corrected chi connectivity index (χ4v) is 15.1. The quantitative estimate of drug-likeness (QED) is 0.0213. The molecular formula is C112H205N3O. The van der Waals surface area contributed by atoms with E-state index >= 15 is 0 Å². The smallest absolute Gasteiger partial charge is 0.0540 e. The molecule has 674 valence electrons. The first-order chi connectivity index (χ1) is 57.5. The van der Waals surface area contributed by atoms with Crippen molar-refractivity contribution in [1.82, 2.24) is 0 Å². The van der Waals surface area contributed by atoms with Gasteiger partial charge in [-0.1, -0.05) is 482 Å². The van der Waals surface area contributed by atoms with E-state index in [9.17, 15) is 5.11 Å². The van der Waals surface area contributed by atoms with Gasteiger partial charge in [-0.05, 0) is 230 Å². The Hall–Kier alpha value is -3.85. The molecule has 0 aromatic rings. The number of unbranched alkanes of at least 4 members (excludes halogenated alkanes) is 54. The third-order valence-corrected chi connectivity index (χ3v) is 23.0. The third-order valence-electron chi connectivity index (χ3n) is 23.0. The molecule has 1 N–H and O–H groups in total. The summed E-state index contributed by atoms with van der Waals surface area (Å²) in [5.74, 6) is 0.937. The van der Waals surface area contributed by atoms with Crippen LogP contribution < -0.4 is 0 Å². The number of aliphatic hydroxyl groups excluding tert-OH is 1. The highest BCUT2D eigenvalue weighted by Gasteiger charge is 2.08. The van der Waals surface area contributed by atoms with Gasteiger partial charge in [0.05, 0.1) is 6.10 Å². The molecule has 0 saturated carbocycles. The molecule has 0 radical (unpaired) electrons. The van der Waals surface area contributed by atoms with Gasteiger partial charge in [-0.3, -0.25) is 0 Å². The van der Waals surface area contributed by atoms with Crippen LogP contribution in [0.4, 0.5) is 0 Å². The normalized spacial score (nSPS) is 12.4. The summed E-state index contributed by atoms with van der Waals surface area (Å²) in [5, 5.41) is 14.3. The van der Waals surface area contributed by atoms with Crippen molar-refractivity contribution in [2.45, 2.75) is 561 Å². The Morgan fingerprint density at radius 3 is 0.517 bits per heavy atom. The molecule has 0 saturated heterocycles. The average Bonchev–Trinajstić information content (AvgIpc) is 1.02. The highest BCUT2D eigenvalue weighted by molar-refractivity contribution is 4.97. The summed E-state index contributed by atoms with van der Waals surface area (Å²) in [6.45, 7) is 16.1. The minimum atomic E-state index is -0.0633. The SMILES string of the molecule is CCCCC/C=C\C/C=C\CCCCCCCCC(C)CCCCCCCC/C=C\C/C=C\CCCCC.CCCCC/C=C\C/C=C\CCCCCCCCC(CCCCCCCC/C=C\C/C=C\CCCCC)N=[N+]=[N-].CCCCC/C=C\C/C=C\CCCCCCCCC(O)CCCCCCCC/C=C\C/C=C\CCCCC. The predicted octanol–water partition coefficient (Wildman–Crippen LogP) is 40.9. The van der Waals surface area contributed by atoms with Crippen LogP contribution in [-0.2, 0) is 0 Å². The van der Waals surface area contributed by atoms with E-state index in [1.54, 1.807) is 0 Å². The molecular weight excluding hydrogens is 1400 g/mol. The van der Waals surface area contributed by atoms with Gasteiger partial charge in [-0.25, -0.2) is 0 Å². The Kier molecular flexibility index (Phi) is 113. The molecule has 0 aliphatic heterocycles. The zero-order valence-corrected chi connectivity index (χ0v) is 79.5. The third kappa shape index (κ3) is 114. The van der Waals surface area contributed by atoms with Crippen molar-refractivity contribution in [2.75, 3.05) is 0 Å². The van der Waals surface area contributed by atoms with Gasteiger partial charge in [0.2, 0.25) is 0 Å². The van der Waals surface area contributed by atoms with Gasteiger partial charge < -0.3 is 5.11 Å².